The van der Waals surface area contributed by atoms with Crippen molar-refractivity contribution in [1.82, 2.24) is 10.3 Å². The van der Waals surface area contributed by atoms with E-state index in [4.69, 9.17) is 11.6 Å². The number of thiophene rings is 1. The Balaban J connectivity index is 2.13. The molecule has 1 amide bonds. The van der Waals surface area contributed by atoms with Crippen LogP contribution in [0.2, 0.25) is 5.15 Å². The molecule has 0 fully saturated rings. The summed E-state index contributed by atoms with van der Waals surface area (Å²) in [6, 6.07) is 7.08. The van der Waals surface area contributed by atoms with Gasteiger partial charge in [-0.3, -0.25) is 4.79 Å². The molecular formula is C14H15ClN2OS. The van der Waals surface area contributed by atoms with Crippen molar-refractivity contribution in [3.05, 3.63) is 50.4 Å². The van der Waals surface area contributed by atoms with Crippen molar-refractivity contribution in [2.45, 2.75) is 26.8 Å². The van der Waals surface area contributed by atoms with Crippen LogP contribution >= 0.6 is 22.9 Å². The summed E-state index contributed by atoms with van der Waals surface area (Å²) in [5.74, 6) is -0.210. The molecule has 19 heavy (non-hydrogen) atoms. The monoisotopic (exact) mass is 294 g/mol. The van der Waals surface area contributed by atoms with Crippen LogP contribution in [0.4, 0.5) is 0 Å². The van der Waals surface area contributed by atoms with E-state index >= 15 is 0 Å². The maximum absolute atomic E-state index is 12.1. The van der Waals surface area contributed by atoms with Crippen LogP contribution in [-0.4, -0.2) is 10.9 Å². The Labute approximate surface area is 121 Å². The van der Waals surface area contributed by atoms with Gasteiger partial charge in [-0.25, -0.2) is 4.98 Å². The number of nitrogens with one attached hydrogen (secondary N) is 1. The first-order chi connectivity index (χ1) is 8.97. The lowest BCUT2D eigenvalue weighted by Crippen LogP contribution is -2.27. The maximum atomic E-state index is 12.1. The summed E-state index contributed by atoms with van der Waals surface area (Å²) in [5.41, 5.74) is 1.49. The molecule has 0 bridgehead atoms. The van der Waals surface area contributed by atoms with Gasteiger partial charge in [0.15, 0.2) is 0 Å². The lowest BCUT2D eigenvalue weighted by molar-refractivity contribution is 0.0935. The van der Waals surface area contributed by atoms with E-state index in [1.165, 1.54) is 9.75 Å². The molecule has 100 valence electrons. The SMILES string of the molecule is Cc1cc(C(C)NC(=O)c2cccc(Cl)n2)c(C)s1. The minimum absolute atomic E-state index is 0.0433. The number of hydrogen-bond donors (Lipinski definition) is 1. The molecule has 0 saturated heterocycles. The third-order valence-electron chi connectivity index (χ3n) is 2.84. The molecule has 0 aromatic carbocycles. The molecule has 2 heterocycles. The van der Waals surface area contributed by atoms with Gasteiger partial charge < -0.3 is 5.32 Å². The zero-order valence-electron chi connectivity index (χ0n) is 11.0. The van der Waals surface area contributed by atoms with Gasteiger partial charge in [0.1, 0.15) is 10.8 Å². The minimum atomic E-state index is -0.210. The normalized spacial score (nSPS) is 12.2. The summed E-state index contributed by atoms with van der Waals surface area (Å²) >= 11 is 7.52. The molecule has 2 aromatic heterocycles. The molecule has 1 N–H and O–H groups in total. The molecule has 1 atom stereocenters. The van der Waals surface area contributed by atoms with E-state index in [0.717, 1.165) is 5.56 Å². The van der Waals surface area contributed by atoms with Crippen LogP contribution in [-0.2, 0) is 0 Å². The number of carbonyl (C=O) groups is 1. The second-order valence-electron chi connectivity index (χ2n) is 4.41. The topological polar surface area (TPSA) is 42.0 Å². The van der Waals surface area contributed by atoms with Gasteiger partial charge in [0.05, 0.1) is 6.04 Å². The smallest absolute Gasteiger partial charge is 0.270 e. The number of aromatic nitrogens is 1. The predicted octanol–water partition coefficient (Wildman–Crippen LogP) is 3.90. The molecule has 0 aliphatic heterocycles. The van der Waals surface area contributed by atoms with E-state index < -0.39 is 0 Å². The summed E-state index contributed by atoms with van der Waals surface area (Å²) < 4.78 is 0. The van der Waals surface area contributed by atoms with Crippen LogP contribution in [0.5, 0.6) is 0 Å². The summed E-state index contributed by atoms with van der Waals surface area (Å²) in [6.45, 7) is 6.10. The molecule has 5 heteroatoms. The van der Waals surface area contributed by atoms with E-state index in [0.29, 0.717) is 10.8 Å². The van der Waals surface area contributed by atoms with Gasteiger partial charge in [-0.05, 0) is 44.5 Å². The van der Waals surface area contributed by atoms with E-state index in [2.05, 4.69) is 30.2 Å². The summed E-state index contributed by atoms with van der Waals surface area (Å²) in [4.78, 5) is 18.5. The van der Waals surface area contributed by atoms with Crippen molar-refractivity contribution in [2.75, 3.05) is 0 Å². The van der Waals surface area contributed by atoms with Crippen LogP contribution < -0.4 is 5.32 Å². The molecule has 0 aliphatic rings. The number of carbonyl (C=O) groups excluding carboxylic acids is 1. The molecule has 2 aromatic rings. The number of pyridine rings is 1. The highest BCUT2D eigenvalue weighted by Crippen LogP contribution is 2.26. The van der Waals surface area contributed by atoms with Crippen LogP contribution in [0.15, 0.2) is 24.3 Å². The Hall–Kier alpha value is -1.39. The average molecular weight is 295 g/mol. The summed E-state index contributed by atoms with van der Waals surface area (Å²) in [6.07, 6.45) is 0. The van der Waals surface area contributed by atoms with Gasteiger partial charge >= 0.3 is 0 Å². The Kier molecular flexibility index (Phi) is 4.22. The van der Waals surface area contributed by atoms with Crippen LogP contribution in [0, 0.1) is 13.8 Å². The summed E-state index contributed by atoms with van der Waals surface area (Å²) in [5, 5.41) is 3.26. The quantitative estimate of drug-likeness (QED) is 0.872. The Morgan fingerprint density at radius 2 is 2.16 bits per heavy atom. The largest absolute Gasteiger partial charge is 0.344 e. The van der Waals surface area contributed by atoms with Crippen molar-refractivity contribution in [1.29, 1.82) is 0 Å². The van der Waals surface area contributed by atoms with Crippen molar-refractivity contribution in [2.24, 2.45) is 0 Å². The first-order valence-corrected chi connectivity index (χ1v) is 7.17. The fraction of sp³-hybridized carbons (Fsp3) is 0.286. The van der Waals surface area contributed by atoms with Gasteiger partial charge in [-0.1, -0.05) is 17.7 Å². The summed E-state index contributed by atoms with van der Waals surface area (Å²) in [7, 11) is 0. The van der Waals surface area contributed by atoms with E-state index in [1.54, 1.807) is 29.5 Å². The van der Waals surface area contributed by atoms with Crippen LogP contribution in [0.25, 0.3) is 0 Å². The Morgan fingerprint density at radius 1 is 1.42 bits per heavy atom. The Morgan fingerprint density at radius 3 is 2.74 bits per heavy atom. The van der Waals surface area contributed by atoms with Gasteiger partial charge in [-0.15, -0.1) is 11.3 Å². The van der Waals surface area contributed by atoms with E-state index in [9.17, 15) is 4.79 Å². The maximum Gasteiger partial charge on any atom is 0.270 e. The first kappa shape index (κ1) is 14.0. The number of halogens is 1. The van der Waals surface area contributed by atoms with Gasteiger partial charge in [0.25, 0.3) is 5.91 Å². The highest BCUT2D eigenvalue weighted by atomic mass is 35.5. The molecule has 3 nitrogen and oxygen atoms in total. The second kappa shape index (κ2) is 5.72. The fourth-order valence-electron chi connectivity index (χ4n) is 1.96. The third-order valence-corrected chi connectivity index (χ3v) is 4.03. The van der Waals surface area contributed by atoms with E-state index in [-0.39, 0.29) is 11.9 Å². The van der Waals surface area contributed by atoms with Gasteiger partial charge in [0.2, 0.25) is 0 Å². The van der Waals surface area contributed by atoms with Gasteiger partial charge in [0, 0.05) is 9.75 Å². The van der Waals surface area contributed by atoms with E-state index in [1.807, 2.05) is 6.92 Å². The lowest BCUT2D eigenvalue weighted by atomic mass is 10.1. The molecule has 2 rings (SSSR count). The number of aryl methyl sites for hydroxylation is 2. The average Bonchev–Trinajstić information content (AvgIpc) is 2.68. The van der Waals surface area contributed by atoms with Crippen LogP contribution in [0.3, 0.4) is 0 Å². The number of amides is 1. The lowest BCUT2D eigenvalue weighted by Gasteiger charge is -2.13. The fourth-order valence-corrected chi connectivity index (χ4v) is 3.15. The third kappa shape index (κ3) is 3.33. The van der Waals surface area contributed by atoms with Gasteiger partial charge in [-0.2, -0.15) is 0 Å². The van der Waals surface area contributed by atoms with Crippen molar-refractivity contribution < 1.29 is 4.79 Å². The van der Waals surface area contributed by atoms with Crippen molar-refractivity contribution in [3.63, 3.8) is 0 Å². The number of nitrogens with zero attached hydrogens (tertiary/aromatic N) is 1. The zero-order chi connectivity index (χ0) is 14.0. The molecule has 0 aliphatic carbocycles. The molecular weight excluding hydrogens is 280 g/mol. The number of rotatable bonds is 3. The molecule has 1 unspecified atom stereocenters. The molecule has 0 radical (unpaired) electrons. The number of hydrogen-bond acceptors (Lipinski definition) is 3. The predicted molar refractivity (Wildman–Crippen MR) is 78.9 cm³/mol. The standard InChI is InChI=1S/C14H15ClN2OS/c1-8-7-11(10(3)19-8)9(2)16-14(18)12-5-4-6-13(15)17-12/h4-7,9H,1-3H3,(H,16,18). The minimum Gasteiger partial charge on any atom is -0.344 e. The van der Waals surface area contributed by atoms with Crippen molar-refractivity contribution in [3.8, 4) is 0 Å². The molecule has 0 saturated carbocycles. The zero-order valence-corrected chi connectivity index (χ0v) is 12.6. The highest BCUT2D eigenvalue weighted by molar-refractivity contribution is 7.12. The highest BCUT2D eigenvalue weighted by Gasteiger charge is 2.15. The Bertz CT molecular complexity index is 609. The second-order valence-corrected chi connectivity index (χ2v) is 6.26. The first-order valence-electron chi connectivity index (χ1n) is 5.97. The van der Waals surface area contributed by atoms with Crippen molar-refractivity contribution >= 4 is 28.8 Å². The molecule has 0 spiro atoms. The van der Waals surface area contributed by atoms with Crippen LogP contribution in [0.1, 0.15) is 38.8 Å².